The van der Waals surface area contributed by atoms with E-state index in [0.29, 0.717) is 11.8 Å². The highest BCUT2D eigenvalue weighted by molar-refractivity contribution is 5.93. The number of fused-ring (bicyclic) bond motifs is 1. The molecule has 1 aromatic heterocycles. The van der Waals surface area contributed by atoms with E-state index in [1.54, 1.807) is 12.1 Å². The van der Waals surface area contributed by atoms with Gasteiger partial charge in [0.2, 0.25) is 0 Å². The Balaban J connectivity index is 2.11. The Bertz CT molecular complexity index is 566. The van der Waals surface area contributed by atoms with Crippen LogP contribution >= 0.6 is 0 Å². The van der Waals surface area contributed by atoms with Gasteiger partial charge in [0.05, 0.1) is 6.04 Å². The second-order valence-corrected chi connectivity index (χ2v) is 4.64. The number of aromatic hydroxyl groups is 1. The molecule has 0 amide bonds. The molecule has 2 N–H and O–H groups in total. The molecule has 0 bridgehead atoms. The summed E-state index contributed by atoms with van der Waals surface area (Å²) in [4.78, 5) is 6.81. The molecule has 0 unspecified atom stereocenters. The van der Waals surface area contributed by atoms with Crippen LogP contribution in [0.25, 0.3) is 10.8 Å². The number of phenols is 1. The van der Waals surface area contributed by atoms with Crippen LogP contribution in [-0.2, 0) is 0 Å². The maximum absolute atomic E-state index is 9.66. The van der Waals surface area contributed by atoms with E-state index in [-0.39, 0.29) is 0 Å². The van der Waals surface area contributed by atoms with Gasteiger partial charge in [0.1, 0.15) is 11.6 Å². The van der Waals surface area contributed by atoms with Crippen molar-refractivity contribution in [1.29, 1.82) is 0 Å². The lowest BCUT2D eigenvalue weighted by Gasteiger charge is -2.38. The van der Waals surface area contributed by atoms with Gasteiger partial charge in [-0.1, -0.05) is 6.07 Å². The van der Waals surface area contributed by atoms with E-state index in [1.165, 1.54) is 0 Å². The van der Waals surface area contributed by atoms with Crippen molar-refractivity contribution < 1.29 is 5.11 Å². The molecule has 1 aromatic carbocycles. The fourth-order valence-corrected chi connectivity index (χ4v) is 2.44. The molecule has 0 radical (unpaired) electrons. The second kappa shape index (κ2) is 4.46. The molecule has 1 saturated heterocycles. The molecule has 2 aromatic rings. The van der Waals surface area contributed by atoms with Gasteiger partial charge < -0.3 is 15.3 Å². The van der Waals surface area contributed by atoms with Crippen molar-refractivity contribution in [2.24, 2.45) is 0 Å². The van der Waals surface area contributed by atoms with Crippen molar-refractivity contribution >= 4 is 16.6 Å². The summed E-state index contributed by atoms with van der Waals surface area (Å²) >= 11 is 0. The summed E-state index contributed by atoms with van der Waals surface area (Å²) in [5.74, 6) is 1.26. The number of benzene rings is 1. The summed E-state index contributed by atoms with van der Waals surface area (Å²) in [6, 6.07) is 7.93. The maximum Gasteiger partial charge on any atom is 0.136 e. The third kappa shape index (κ3) is 1.78. The second-order valence-electron chi connectivity index (χ2n) is 4.64. The molecule has 4 heteroatoms. The van der Waals surface area contributed by atoms with E-state index in [4.69, 9.17) is 0 Å². The number of phenolic OH excluding ortho intramolecular Hbond substituents is 1. The summed E-state index contributed by atoms with van der Waals surface area (Å²) in [5.41, 5.74) is 0. The van der Waals surface area contributed by atoms with Crippen molar-refractivity contribution in [1.82, 2.24) is 10.3 Å². The first kappa shape index (κ1) is 11.3. The van der Waals surface area contributed by atoms with Gasteiger partial charge in [-0.3, -0.25) is 0 Å². The van der Waals surface area contributed by atoms with Crippen LogP contribution in [0, 0.1) is 0 Å². The van der Waals surface area contributed by atoms with Gasteiger partial charge in [-0.25, -0.2) is 4.98 Å². The van der Waals surface area contributed by atoms with Crippen LogP contribution in [0.5, 0.6) is 5.75 Å². The summed E-state index contributed by atoms with van der Waals surface area (Å²) in [7, 11) is 0. The average Bonchev–Trinajstić information content (AvgIpc) is 2.33. The molecule has 18 heavy (non-hydrogen) atoms. The lowest BCUT2D eigenvalue weighted by molar-refractivity contribution is 0.416. The van der Waals surface area contributed by atoms with Crippen LogP contribution in [0.1, 0.15) is 6.92 Å². The SMILES string of the molecule is CCN(c1nccc2ccc(O)cc12)C1CNC1. The lowest BCUT2D eigenvalue weighted by Crippen LogP contribution is -2.57. The zero-order chi connectivity index (χ0) is 12.5. The van der Waals surface area contributed by atoms with Crippen LogP contribution in [0.2, 0.25) is 0 Å². The molecule has 2 heterocycles. The van der Waals surface area contributed by atoms with Crippen LogP contribution in [0.4, 0.5) is 5.82 Å². The molecule has 3 rings (SSSR count). The number of hydrogen-bond acceptors (Lipinski definition) is 4. The van der Waals surface area contributed by atoms with Gasteiger partial charge >= 0.3 is 0 Å². The standard InChI is InChI=1S/C14H17N3O/c1-2-17(11-8-15-9-11)14-13-7-12(18)4-3-10(13)5-6-16-14/h3-7,11,15,18H,2,8-9H2,1H3. The third-order valence-corrected chi connectivity index (χ3v) is 3.54. The number of rotatable bonds is 3. The monoisotopic (exact) mass is 243 g/mol. The van der Waals surface area contributed by atoms with E-state index in [2.05, 4.69) is 22.1 Å². The van der Waals surface area contributed by atoms with Gasteiger partial charge in [0.25, 0.3) is 0 Å². The summed E-state index contributed by atoms with van der Waals surface area (Å²) in [6.45, 7) is 5.07. The maximum atomic E-state index is 9.66. The quantitative estimate of drug-likeness (QED) is 0.862. The first-order chi connectivity index (χ1) is 8.79. The number of nitrogens with zero attached hydrogens (tertiary/aromatic N) is 2. The highest BCUT2D eigenvalue weighted by atomic mass is 16.3. The third-order valence-electron chi connectivity index (χ3n) is 3.54. The largest absolute Gasteiger partial charge is 0.508 e. The topological polar surface area (TPSA) is 48.4 Å². The van der Waals surface area contributed by atoms with Gasteiger partial charge in [-0.05, 0) is 30.5 Å². The molecule has 0 spiro atoms. The summed E-state index contributed by atoms with van der Waals surface area (Å²) < 4.78 is 0. The smallest absolute Gasteiger partial charge is 0.136 e. The van der Waals surface area contributed by atoms with Gasteiger partial charge in [0.15, 0.2) is 0 Å². The van der Waals surface area contributed by atoms with Crippen molar-refractivity contribution in [3.63, 3.8) is 0 Å². The first-order valence-electron chi connectivity index (χ1n) is 6.34. The van der Waals surface area contributed by atoms with E-state index < -0.39 is 0 Å². The van der Waals surface area contributed by atoms with E-state index >= 15 is 0 Å². The van der Waals surface area contributed by atoms with E-state index in [0.717, 1.165) is 36.2 Å². The van der Waals surface area contributed by atoms with E-state index in [1.807, 2.05) is 18.3 Å². The average molecular weight is 243 g/mol. The van der Waals surface area contributed by atoms with Crippen molar-refractivity contribution in [3.05, 3.63) is 30.5 Å². The molecular formula is C14H17N3O. The highest BCUT2D eigenvalue weighted by Gasteiger charge is 2.25. The Kier molecular flexibility index (Phi) is 2.80. The van der Waals surface area contributed by atoms with Crippen LogP contribution < -0.4 is 10.2 Å². The van der Waals surface area contributed by atoms with Gasteiger partial charge in [-0.2, -0.15) is 0 Å². The predicted molar refractivity (Wildman–Crippen MR) is 73.1 cm³/mol. The molecule has 1 aliphatic rings. The highest BCUT2D eigenvalue weighted by Crippen LogP contribution is 2.29. The zero-order valence-electron chi connectivity index (χ0n) is 10.4. The Morgan fingerprint density at radius 3 is 2.89 bits per heavy atom. The minimum atomic E-state index is 0.291. The van der Waals surface area contributed by atoms with Gasteiger partial charge in [-0.15, -0.1) is 0 Å². The van der Waals surface area contributed by atoms with Crippen molar-refractivity contribution in [2.75, 3.05) is 24.5 Å². The normalized spacial score (nSPS) is 15.6. The molecule has 0 atom stereocenters. The minimum Gasteiger partial charge on any atom is -0.508 e. The first-order valence-corrected chi connectivity index (χ1v) is 6.34. The van der Waals surface area contributed by atoms with Crippen LogP contribution in [-0.4, -0.2) is 35.8 Å². The zero-order valence-corrected chi connectivity index (χ0v) is 10.4. The summed E-state index contributed by atoms with van der Waals surface area (Å²) in [5, 5.41) is 15.1. The number of pyridine rings is 1. The number of likely N-dealkylation sites (N-methyl/N-ethyl adjacent to an activating group) is 1. The molecular weight excluding hydrogens is 226 g/mol. The molecule has 0 saturated carbocycles. The van der Waals surface area contributed by atoms with Crippen molar-refractivity contribution in [3.8, 4) is 5.75 Å². The van der Waals surface area contributed by atoms with Crippen LogP contribution in [0.15, 0.2) is 30.5 Å². The summed E-state index contributed by atoms with van der Waals surface area (Å²) in [6.07, 6.45) is 1.84. The predicted octanol–water partition coefficient (Wildman–Crippen LogP) is 1.74. The van der Waals surface area contributed by atoms with Gasteiger partial charge in [0, 0.05) is 31.2 Å². The Labute approximate surface area is 106 Å². The Morgan fingerprint density at radius 2 is 2.22 bits per heavy atom. The van der Waals surface area contributed by atoms with Crippen molar-refractivity contribution in [2.45, 2.75) is 13.0 Å². The fourth-order valence-electron chi connectivity index (χ4n) is 2.44. The van der Waals surface area contributed by atoms with Crippen LogP contribution in [0.3, 0.4) is 0 Å². The fraction of sp³-hybridized carbons (Fsp3) is 0.357. The molecule has 4 nitrogen and oxygen atoms in total. The number of aromatic nitrogens is 1. The van der Waals surface area contributed by atoms with E-state index in [9.17, 15) is 5.11 Å². The Hall–Kier alpha value is -1.81. The number of anilines is 1. The Morgan fingerprint density at radius 1 is 1.39 bits per heavy atom. The number of nitrogens with one attached hydrogen (secondary N) is 1. The molecule has 1 aliphatic heterocycles. The minimum absolute atomic E-state index is 0.291. The lowest BCUT2D eigenvalue weighted by atomic mass is 10.1. The molecule has 1 fully saturated rings. The molecule has 94 valence electrons. The molecule has 0 aliphatic carbocycles. The number of hydrogen-bond donors (Lipinski definition) is 2.